The first-order valence-electron chi connectivity index (χ1n) is 6.74. The Hall–Kier alpha value is -2.56. The van der Waals surface area contributed by atoms with E-state index in [1.807, 2.05) is 26.0 Å². The van der Waals surface area contributed by atoms with Gasteiger partial charge < -0.3 is 14.0 Å². The van der Waals surface area contributed by atoms with Crippen molar-refractivity contribution in [3.8, 4) is 0 Å². The lowest BCUT2D eigenvalue weighted by Crippen LogP contribution is -1.99. The van der Waals surface area contributed by atoms with E-state index in [4.69, 9.17) is 14.0 Å². The molecule has 2 heterocycles. The molecule has 0 aliphatic rings. The van der Waals surface area contributed by atoms with Crippen molar-refractivity contribution in [2.75, 3.05) is 0 Å². The molecule has 5 heteroatoms. The monoisotopic (exact) mass is 285 g/mol. The second-order valence-electron chi connectivity index (χ2n) is 5.01. The zero-order chi connectivity index (χ0) is 15.1. The summed E-state index contributed by atoms with van der Waals surface area (Å²) in [4.78, 5) is 11.7. The van der Waals surface area contributed by atoms with Gasteiger partial charge in [0.1, 0.15) is 16.9 Å². The minimum Gasteiger partial charge on any atom is -0.454 e. The molecule has 0 bridgehead atoms. The summed E-state index contributed by atoms with van der Waals surface area (Å²) < 4.78 is 11.2. The lowest BCUT2D eigenvalue weighted by molar-refractivity contribution is 0.318. The number of aryl methyl sites for hydroxylation is 2. The lowest BCUT2D eigenvalue weighted by Gasteiger charge is -2.02. The molecule has 0 aliphatic heterocycles. The third-order valence-corrected chi connectivity index (χ3v) is 3.70. The van der Waals surface area contributed by atoms with Gasteiger partial charge in [0.15, 0.2) is 5.76 Å². The molecule has 0 saturated heterocycles. The Kier molecular flexibility index (Phi) is 3.05. The summed E-state index contributed by atoms with van der Waals surface area (Å²) in [6.07, 6.45) is 0.673. The summed E-state index contributed by atoms with van der Waals surface area (Å²) in [6, 6.07) is 5.19. The van der Waals surface area contributed by atoms with Gasteiger partial charge in [-0.1, -0.05) is 12.1 Å². The van der Waals surface area contributed by atoms with Gasteiger partial charge in [0.2, 0.25) is 0 Å². The van der Waals surface area contributed by atoms with Gasteiger partial charge in [-0.2, -0.15) is 0 Å². The standard InChI is InChI=1S/C16H15NO4/c1-4-10-14-12(20-15(10)9(3)17-19)6-5-11-8(2)7-13(18)21-16(11)14/h5-7,19H,4H2,1-3H3. The van der Waals surface area contributed by atoms with Crippen LogP contribution >= 0.6 is 0 Å². The Bertz CT molecular complexity index is 931. The second kappa shape index (κ2) is 4.77. The van der Waals surface area contributed by atoms with Crippen LogP contribution in [-0.2, 0) is 6.42 Å². The third-order valence-electron chi connectivity index (χ3n) is 3.70. The minimum atomic E-state index is -0.384. The van der Waals surface area contributed by atoms with Crippen molar-refractivity contribution in [1.29, 1.82) is 0 Å². The highest BCUT2D eigenvalue weighted by Gasteiger charge is 2.19. The van der Waals surface area contributed by atoms with E-state index in [9.17, 15) is 4.79 Å². The summed E-state index contributed by atoms with van der Waals surface area (Å²) >= 11 is 0. The van der Waals surface area contributed by atoms with Crippen molar-refractivity contribution < 1.29 is 14.0 Å². The molecule has 0 aliphatic carbocycles. The molecule has 0 fully saturated rings. The van der Waals surface area contributed by atoms with Crippen molar-refractivity contribution >= 4 is 27.7 Å². The summed E-state index contributed by atoms with van der Waals surface area (Å²) in [7, 11) is 0. The highest BCUT2D eigenvalue weighted by atomic mass is 16.4. The van der Waals surface area contributed by atoms with Crippen LogP contribution in [0.5, 0.6) is 0 Å². The molecule has 21 heavy (non-hydrogen) atoms. The number of oxime groups is 1. The fourth-order valence-electron chi connectivity index (χ4n) is 2.70. The van der Waals surface area contributed by atoms with Gasteiger partial charge in [0, 0.05) is 17.0 Å². The van der Waals surface area contributed by atoms with E-state index in [2.05, 4.69) is 5.16 Å². The topological polar surface area (TPSA) is 75.9 Å². The van der Waals surface area contributed by atoms with Crippen molar-refractivity contribution in [2.24, 2.45) is 5.16 Å². The van der Waals surface area contributed by atoms with E-state index in [-0.39, 0.29) is 5.63 Å². The Labute approximate surface area is 120 Å². The van der Waals surface area contributed by atoms with Crippen LogP contribution in [-0.4, -0.2) is 10.9 Å². The Morgan fingerprint density at radius 1 is 1.33 bits per heavy atom. The molecule has 0 spiro atoms. The van der Waals surface area contributed by atoms with Crippen LogP contribution in [0, 0.1) is 6.92 Å². The first-order valence-corrected chi connectivity index (χ1v) is 6.74. The predicted octanol–water partition coefficient (Wildman–Crippen LogP) is 3.61. The average Bonchev–Trinajstić information content (AvgIpc) is 2.85. The van der Waals surface area contributed by atoms with Crippen molar-refractivity contribution in [3.05, 3.63) is 45.5 Å². The first-order chi connectivity index (χ1) is 10.1. The summed E-state index contributed by atoms with van der Waals surface area (Å²) in [5.41, 5.74) is 2.89. The van der Waals surface area contributed by atoms with E-state index >= 15 is 0 Å². The van der Waals surface area contributed by atoms with Crippen LogP contribution in [0.2, 0.25) is 0 Å². The minimum absolute atomic E-state index is 0.384. The van der Waals surface area contributed by atoms with Gasteiger partial charge in [0.25, 0.3) is 0 Å². The van der Waals surface area contributed by atoms with Crippen LogP contribution in [0.1, 0.15) is 30.7 Å². The van der Waals surface area contributed by atoms with E-state index in [0.29, 0.717) is 29.1 Å². The fourth-order valence-corrected chi connectivity index (χ4v) is 2.70. The van der Waals surface area contributed by atoms with Crippen LogP contribution in [0.3, 0.4) is 0 Å². The van der Waals surface area contributed by atoms with E-state index in [1.54, 1.807) is 6.92 Å². The van der Waals surface area contributed by atoms with Crippen LogP contribution in [0.4, 0.5) is 0 Å². The number of rotatable bonds is 2. The molecule has 3 rings (SSSR count). The molecule has 0 saturated carbocycles. The van der Waals surface area contributed by atoms with Gasteiger partial charge in [-0.25, -0.2) is 4.79 Å². The summed E-state index contributed by atoms with van der Waals surface area (Å²) in [6.45, 7) is 5.52. The molecule has 1 N–H and O–H groups in total. The quantitative estimate of drug-likeness (QED) is 0.338. The molecule has 2 aromatic heterocycles. The second-order valence-corrected chi connectivity index (χ2v) is 5.01. The maximum absolute atomic E-state index is 11.7. The Morgan fingerprint density at radius 2 is 2.10 bits per heavy atom. The molecule has 1 aromatic carbocycles. The SMILES string of the molecule is CCc1c(C(C)=NO)oc2ccc3c(C)cc(=O)oc3c12. The zero-order valence-electron chi connectivity index (χ0n) is 12.1. The van der Waals surface area contributed by atoms with Gasteiger partial charge >= 0.3 is 5.63 Å². The smallest absolute Gasteiger partial charge is 0.336 e. The number of fused-ring (bicyclic) bond motifs is 3. The number of furan rings is 1. The first kappa shape index (κ1) is 13.4. The molecule has 0 amide bonds. The molecular formula is C16H15NO4. The highest BCUT2D eigenvalue weighted by molar-refractivity contribution is 6.10. The van der Waals surface area contributed by atoms with E-state index < -0.39 is 0 Å². The lowest BCUT2D eigenvalue weighted by atomic mass is 10.0. The summed E-state index contributed by atoms with van der Waals surface area (Å²) in [5, 5.41) is 13.8. The maximum Gasteiger partial charge on any atom is 0.336 e. The molecule has 3 aromatic rings. The Morgan fingerprint density at radius 3 is 2.76 bits per heavy atom. The molecule has 108 valence electrons. The number of benzene rings is 1. The summed E-state index contributed by atoms with van der Waals surface area (Å²) in [5.74, 6) is 0.520. The largest absolute Gasteiger partial charge is 0.454 e. The van der Waals surface area contributed by atoms with Gasteiger partial charge in [-0.15, -0.1) is 0 Å². The molecular weight excluding hydrogens is 270 g/mol. The highest BCUT2D eigenvalue weighted by Crippen LogP contribution is 2.33. The normalized spacial score (nSPS) is 12.4. The van der Waals surface area contributed by atoms with Crippen LogP contribution < -0.4 is 5.63 Å². The van der Waals surface area contributed by atoms with E-state index in [0.717, 1.165) is 21.9 Å². The zero-order valence-corrected chi connectivity index (χ0v) is 12.1. The molecule has 0 atom stereocenters. The predicted molar refractivity (Wildman–Crippen MR) is 80.4 cm³/mol. The van der Waals surface area contributed by atoms with Gasteiger partial charge in [-0.05, 0) is 38.0 Å². The van der Waals surface area contributed by atoms with Gasteiger partial charge in [-0.3, -0.25) is 0 Å². The Balaban J connectivity index is 2.55. The molecule has 5 nitrogen and oxygen atoms in total. The van der Waals surface area contributed by atoms with Crippen LogP contribution in [0.15, 0.2) is 37.0 Å². The van der Waals surface area contributed by atoms with Crippen molar-refractivity contribution in [3.63, 3.8) is 0 Å². The number of nitrogens with zero attached hydrogens (tertiary/aromatic N) is 1. The van der Waals surface area contributed by atoms with Crippen molar-refractivity contribution in [2.45, 2.75) is 27.2 Å². The van der Waals surface area contributed by atoms with Gasteiger partial charge in [0.05, 0.1) is 5.39 Å². The maximum atomic E-state index is 11.7. The fraction of sp³-hybridized carbons (Fsp3) is 0.250. The molecule has 0 radical (unpaired) electrons. The third kappa shape index (κ3) is 1.93. The van der Waals surface area contributed by atoms with Crippen LogP contribution in [0.25, 0.3) is 21.9 Å². The molecule has 0 unspecified atom stereocenters. The number of hydrogen-bond donors (Lipinski definition) is 1. The average molecular weight is 285 g/mol. The van der Waals surface area contributed by atoms with E-state index in [1.165, 1.54) is 6.07 Å². The van der Waals surface area contributed by atoms with Crippen molar-refractivity contribution in [1.82, 2.24) is 0 Å². The number of hydrogen-bond acceptors (Lipinski definition) is 5.